The molecule has 1 heterocycles. The Labute approximate surface area is 290 Å². The second kappa shape index (κ2) is 12.7. The SMILES string of the molecule is CC(C)c1ccc2c(c1)c1cc(C(C)C)ccc1n2-c1ccc(-c2cccc(-c3cccc(-c4cccc(-c5ccccc5)c4)c3)c2)cc1. The van der Waals surface area contributed by atoms with Crippen molar-refractivity contribution in [2.45, 2.75) is 39.5 Å². The maximum Gasteiger partial charge on any atom is 0.0541 e. The van der Waals surface area contributed by atoms with E-state index in [0.29, 0.717) is 11.8 Å². The Morgan fingerprint density at radius 1 is 0.327 bits per heavy atom. The summed E-state index contributed by atoms with van der Waals surface area (Å²) in [5, 5.41) is 2.66. The van der Waals surface area contributed by atoms with Gasteiger partial charge < -0.3 is 4.57 Å². The summed E-state index contributed by atoms with van der Waals surface area (Å²) in [5.74, 6) is 0.971. The van der Waals surface area contributed by atoms with Crippen LogP contribution < -0.4 is 0 Å². The van der Waals surface area contributed by atoms with Crippen LogP contribution in [-0.2, 0) is 0 Å². The van der Waals surface area contributed by atoms with Crippen molar-refractivity contribution < 1.29 is 0 Å². The minimum absolute atomic E-state index is 0.486. The highest BCUT2D eigenvalue weighted by Crippen LogP contribution is 2.37. The average Bonchev–Trinajstić information content (AvgIpc) is 3.48. The third kappa shape index (κ3) is 5.87. The van der Waals surface area contributed by atoms with Gasteiger partial charge in [-0.05, 0) is 122 Å². The third-order valence-corrected chi connectivity index (χ3v) is 9.97. The fourth-order valence-electron chi connectivity index (χ4n) is 7.12. The molecule has 49 heavy (non-hydrogen) atoms. The van der Waals surface area contributed by atoms with Crippen molar-refractivity contribution in [3.8, 4) is 50.2 Å². The van der Waals surface area contributed by atoms with Crippen LogP contribution in [0.2, 0.25) is 0 Å². The van der Waals surface area contributed by atoms with Gasteiger partial charge in [0.15, 0.2) is 0 Å². The van der Waals surface area contributed by atoms with E-state index in [-0.39, 0.29) is 0 Å². The van der Waals surface area contributed by atoms with Crippen LogP contribution >= 0.6 is 0 Å². The van der Waals surface area contributed by atoms with E-state index in [9.17, 15) is 0 Å². The molecule has 0 aliphatic carbocycles. The normalized spacial score (nSPS) is 11.6. The molecule has 7 aromatic carbocycles. The minimum atomic E-state index is 0.486. The van der Waals surface area contributed by atoms with E-state index in [2.05, 4.69) is 196 Å². The van der Waals surface area contributed by atoms with Gasteiger partial charge in [0, 0.05) is 16.5 Å². The number of benzene rings is 7. The molecule has 0 saturated carbocycles. The van der Waals surface area contributed by atoms with Crippen LogP contribution in [0.3, 0.4) is 0 Å². The number of rotatable bonds is 7. The summed E-state index contributed by atoms with van der Waals surface area (Å²) in [6.45, 7) is 9.09. The Morgan fingerprint density at radius 3 is 1.10 bits per heavy atom. The van der Waals surface area contributed by atoms with Crippen LogP contribution in [0, 0.1) is 0 Å². The molecule has 0 N–H and O–H groups in total. The first-order chi connectivity index (χ1) is 23.9. The van der Waals surface area contributed by atoms with Crippen molar-refractivity contribution in [1.82, 2.24) is 4.57 Å². The van der Waals surface area contributed by atoms with Crippen molar-refractivity contribution in [3.63, 3.8) is 0 Å². The minimum Gasteiger partial charge on any atom is -0.309 e. The number of aromatic nitrogens is 1. The zero-order valence-corrected chi connectivity index (χ0v) is 28.7. The molecule has 1 nitrogen and oxygen atoms in total. The second-order valence-electron chi connectivity index (χ2n) is 13.9. The summed E-state index contributed by atoms with van der Waals surface area (Å²) in [6.07, 6.45) is 0. The zero-order valence-electron chi connectivity index (χ0n) is 28.7. The molecule has 0 atom stereocenters. The van der Waals surface area contributed by atoms with Gasteiger partial charge in [-0.1, -0.05) is 137 Å². The summed E-state index contributed by atoms with van der Waals surface area (Å²) in [4.78, 5) is 0. The molecule has 0 aliphatic rings. The Morgan fingerprint density at radius 2 is 0.694 bits per heavy atom. The molecule has 0 bridgehead atoms. The molecule has 0 radical (unpaired) electrons. The van der Waals surface area contributed by atoms with Gasteiger partial charge in [0.2, 0.25) is 0 Å². The second-order valence-corrected chi connectivity index (χ2v) is 13.9. The van der Waals surface area contributed by atoms with Crippen molar-refractivity contribution >= 4 is 21.8 Å². The Hall–Kier alpha value is -5.66. The van der Waals surface area contributed by atoms with E-state index < -0.39 is 0 Å². The fourth-order valence-corrected chi connectivity index (χ4v) is 7.12. The lowest BCUT2D eigenvalue weighted by molar-refractivity contribution is 0.868. The monoisotopic (exact) mass is 631 g/mol. The van der Waals surface area contributed by atoms with Crippen molar-refractivity contribution in [2.24, 2.45) is 0 Å². The topological polar surface area (TPSA) is 4.93 Å². The quantitative estimate of drug-likeness (QED) is 0.165. The number of hydrogen-bond donors (Lipinski definition) is 0. The van der Waals surface area contributed by atoms with E-state index in [1.165, 1.54) is 83.1 Å². The average molecular weight is 632 g/mol. The van der Waals surface area contributed by atoms with Gasteiger partial charge in [-0.2, -0.15) is 0 Å². The Balaban J connectivity index is 1.13. The molecule has 0 amide bonds. The van der Waals surface area contributed by atoms with E-state index in [1.807, 2.05) is 0 Å². The molecule has 1 aromatic heterocycles. The van der Waals surface area contributed by atoms with Crippen molar-refractivity contribution in [3.05, 3.63) is 175 Å². The lowest BCUT2D eigenvalue weighted by Crippen LogP contribution is -1.95. The van der Waals surface area contributed by atoms with Crippen LogP contribution in [0.5, 0.6) is 0 Å². The highest BCUT2D eigenvalue weighted by molar-refractivity contribution is 6.09. The van der Waals surface area contributed by atoms with Crippen LogP contribution in [0.25, 0.3) is 72.0 Å². The van der Waals surface area contributed by atoms with E-state index in [1.54, 1.807) is 0 Å². The van der Waals surface area contributed by atoms with E-state index in [0.717, 1.165) is 0 Å². The lowest BCUT2D eigenvalue weighted by Gasteiger charge is -2.12. The fraction of sp³-hybridized carbons (Fsp3) is 0.125. The molecule has 0 saturated heterocycles. The summed E-state index contributed by atoms with van der Waals surface area (Å²) in [6, 6.07) is 60.3. The Kier molecular flexibility index (Phi) is 7.98. The van der Waals surface area contributed by atoms with Crippen molar-refractivity contribution in [2.75, 3.05) is 0 Å². The predicted octanol–water partition coefficient (Wildman–Crippen LogP) is 13.7. The first kappa shape index (κ1) is 30.7. The molecular weight excluding hydrogens is 591 g/mol. The lowest BCUT2D eigenvalue weighted by atomic mass is 9.95. The largest absolute Gasteiger partial charge is 0.309 e. The summed E-state index contributed by atoms with van der Waals surface area (Å²) in [7, 11) is 0. The smallest absolute Gasteiger partial charge is 0.0541 e. The van der Waals surface area contributed by atoms with E-state index >= 15 is 0 Å². The highest BCUT2D eigenvalue weighted by atomic mass is 15.0. The molecule has 0 spiro atoms. The molecule has 8 aromatic rings. The highest BCUT2D eigenvalue weighted by Gasteiger charge is 2.15. The van der Waals surface area contributed by atoms with Gasteiger partial charge in [0.05, 0.1) is 11.0 Å². The van der Waals surface area contributed by atoms with Crippen molar-refractivity contribution in [1.29, 1.82) is 0 Å². The van der Waals surface area contributed by atoms with Crippen LogP contribution in [0.4, 0.5) is 0 Å². The molecule has 8 rings (SSSR count). The summed E-state index contributed by atoms with van der Waals surface area (Å²) >= 11 is 0. The van der Waals surface area contributed by atoms with Gasteiger partial charge in [-0.25, -0.2) is 0 Å². The number of nitrogens with zero attached hydrogens (tertiary/aromatic N) is 1. The van der Waals surface area contributed by atoms with Crippen LogP contribution in [-0.4, -0.2) is 4.57 Å². The Bertz CT molecular complexity index is 2360. The third-order valence-electron chi connectivity index (χ3n) is 9.97. The molecular formula is C48H41N. The molecule has 0 unspecified atom stereocenters. The molecule has 1 heteroatoms. The van der Waals surface area contributed by atoms with Gasteiger partial charge in [-0.3, -0.25) is 0 Å². The summed E-state index contributed by atoms with van der Waals surface area (Å²) < 4.78 is 2.43. The molecule has 0 aliphatic heterocycles. The first-order valence-electron chi connectivity index (χ1n) is 17.5. The van der Waals surface area contributed by atoms with Crippen LogP contribution in [0.1, 0.15) is 50.7 Å². The molecule has 0 fully saturated rings. The maximum atomic E-state index is 2.43. The first-order valence-corrected chi connectivity index (χ1v) is 17.5. The number of fused-ring (bicyclic) bond motifs is 3. The van der Waals surface area contributed by atoms with Gasteiger partial charge in [0.25, 0.3) is 0 Å². The van der Waals surface area contributed by atoms with E-state index in [4.69, 9.17) is 0 Å². The predicted molar refractivity (Wildman–Crippen MR) is 211 cm³/mol. The number of hydrogen-bond acceptors (Lipinski definition) is 0. The zero-order chi connectivity index (χ0) is 33.5. The summed E-state index contributed by atoms with van der Waals surface area (Å²) in [5.41, 5.74) is 16.2. The van der Waals surface area contributed by atoms with Gasteiger partial charge >= 0.3 is 0 Å². The molecule has 238 valence electrons. The van der Waals surface area contributed by atoms with Gasteiger partial charge in [-0.15, -0.1) is 0 Å². The maximum absolute atomic E-state index is 2.43. The van der Waals surface area contributed by atoms with Crippen LogP contribution in [0.15, 0.2) is 164 Å². The standard InChI is InChI=1S/C48H41N/c1-32(2)36-21-25-47-45(30-36)46-31-37(33(3)4)22-26-48(46)49(47)44-23-19-35(20-24-44)39-14-9-16-41(28-39)43-18-10-17-42(29-43)40-15-8-13-38(27-40)34-11-6-5-7-12-34/h5-33H,1-4H3. The van der Waals surface area contributed by atoms with Gasteiger partial charge in [0.1, 0.15) is 0 Å².